The molecule has 1 aromatic carbocycles. The molecule has 0 saturated carbocycles. The van der Waals surface area contributed by atoms with E-state index in [-0.39, 0.29) is 6.42 Å². The summed E-state index contributed by atoms with van der Waals surface area (Å²) in [6.45, 7) is 0. The lowest BCUT2D eigenvalue weighted by atomic mass is 10.1. The van der Waals surface area contributed by atoms with Crippen molar-refractivity contribution in [1.82, 2.24) is 0 Å². The fraction of sp³-hybridized carbons (Fsp3) is 0.182. The highest BCUT2D eigenvalue weighted by atomic mass is 35.5. The van der Waals surface area contributed by atoms with Gasteiger partial charge in [0.2, 0.25) is 0 Å². The number of aliphatic carboxylic acids is 1. The average Bonchev–Trinajstić information content (AvgIpc) is 2.59. The average molecular weight is 257 g/mol. The highest BCUT2D eigenvalue weighted by molar-refractivity contribution is 7.17. The van der Waals surface area contributed by atoms with Crippen molar-refractivity contribution >= 4 is 39.0 Å². The molecule has 0 spiro atoms. The topological polar surface area (TPSA) is 46.5 Å². The van der Waals surface area contributed by atoms with E-state index in [2.05, 4.69) is 0 Å². The van der Waals surface area contributed by atoms with Crippen LogP contribution in [0.5, 0.6) is 5.75 Å². The molecule has 16 heavy (non-hydrogen) atoms. The van der Waals surface area contributed by atoms with Crippen LogP contribution in [0.15, 0.2) is 17.5 Å². The Hall–Kier alpha value is -1.26. The summed E-state index contributed by atoms with van der Waals surface area (Å²) in [6, 6.07) is 3.51. The van der Waals surface area contributed by atoms with Gasteiger partial charge in [0.25, 0.3) is 0 Å². The number of ether oxygens (including phenoxy) is 1. The van der Waals surface area contributed by atoms with Gasteiger partial charge in [-0.3, -0.25) is 4.79 Å². The Morgan fingerprint density at radius 3 is 2.94 bits per heavy atom. The van der Waals surface area contributed by atoms with E-state index in [1.54, 1.807) is 13.2 Å². The van der Waals surface area contributed by atoms with Crippen LogP contribution in [0.2, 0.25) is 5.02 Å². The van der Waals surface area contributed by atoms with Gasteiger partial charge < -0.3 is 9.84 Å². The number of fused-ring (bicyclic) bond motifs is 1. The summed E-state index contributed by atoms with van der Waals surface area (Å²) < 4.78 is 6.16. The molecule has 0 saturated heterocycles. The normalized spacial score (nSPS) is 10.6. The summed E-state index contributed by atoms with van der Waals surface area (Å²) in [5, 5.41) is 12.1. The lowest BCUT2D eigenvalue weighted by Crippen LogP contribution is -1.99. The zero-order valence-electron chi connectivity index (χ0n) is 8.49. The van der Waals surface area contributed by atoms with Gasteiger partial charge in [-0.05, 0) is 23.1 Å². The molecule has 0 unspecified atom stereocenters. The first-order valence-electron chi connectivity index (χ1n) is 4.57. The number of methoxy groups -OCH3 is 1. The molecule has 0 aliphatic rings. The van der Waals surface area contributed by atoms with Gasteiger partial charge in [0.15, 0.2) is 0 Å². The Morgan fingerprint density at radius 2 is 2.31 bits per heavy atom. The largest absolute Gasteiger partial charge is 0.496 e. The van der Waals surface area contributed by atoms with Gasteiger partial charge in [0.1, 0.15) is 5.75 Å². The van der Waals surface area contributed by atoms with Crippen LogP contribution in [0.3, 0.4) is 0 Å². The van der Waals surface area contributed by atoms with E-state index in [0.29, 0.717) is 10.8 Å². The number of benzene rings is 1. The minimum Gasteiger partial charge on any atom is -0.496 e. The number of rotatable bonds is 3. The molecule has 2 aromatic rings. The van der Waals surface area contributed by atoms with E-state index in [4.69, 9.17) is 21.4 Å². The van der Waals surface area contributed by atoms with Crippen molar-refractivity contribution in [2.45, 2.75) is 6.42 Å². The molecule has 0 amide bonds. The quantitative estimate of drug-likeness (QED) is 0.917. The van der Waals surface area contributed by atoms with Gasteiger partial charge >= 0.3 is 5.97 Å². The van der Waals surface area contributed by atoms with Gasteiger partial charge in [0.05, 0.1) is 13.5 Å². The van der Waals surface area contributed by atoms with Crippen molar-refractivity contribution in [1.29, 1.82) is 0 Å². The minimum atomic E-state index is -0.850. The molecule has 5 heteroatoms. The number of hydrogen-bond acceptors (Lipinski definition) is 3. The van der Waals surface area contributed by atoms with E-state index in [1.165, 1.54) is 11.3 Å². The van der Waals surface area contributed by atoms with Gasteiger partial charge in [-0.15, -0.1) is 11.3 Å². The summed E-state index contributed by atoms with van der Waals surface area (Å²) in [5.41, 5.74) is 0.765. The third-order valence-corrected chi connectivity index (χ3v) is 3.44. The van der Waals surface area contributed by atoms with E-state index in [0.717, 1.165) is 15.6 Å². The van der Waals surface area contributed by atoms with E-state index >= 15 is 0 Å². The van der Waals surface area contributed by atoms with Crippen molar-refractivity contribution in [3.8, 4) is 5.75 Å². The lowest BCUT2D eigenvalue weighted by molar-refractivity contribution is -0.136. The second-order valence-electron chi connectivity index (χ2n) is 3.31. The summed E-state index contributed by atoms with van der Waals surface area (Å²) in [4.78, 5) is 10.7. The summed E-state index contributed by atoms with van der Waals surface area (Å²) in [5.74, 6) is -0.225. The Labute approximate surface area is 101 Å². The first-order chi connectivity index (χ1) is 7.61. The van der Waals surface area contributed by atoms with Crippen molar-refractivity contribution in [2.75, 3.05) is 7.11 Å². The maximum atomic E-state index is 10.7. The van der Waals surface area contributed by atoms with Crippen LogP contribution in [0.25, 0.3) is 10.1 Å². The standard InChI is InChI=1S/C11H9ClO3S/c1-15-8-3-7(12)4-9-11(8)6(5-16-9)2-10(13)14/h3-5H,2H2,1H3,(H,13,14). The lowest BCUT2D eigenvalue weighted by Gasteiger charge is -2.04. The molecule has 0 atom stereocenters. The van der Waals surface area contributed by atoms with Gasteiger partial charge in [-0.25, -0.2) is 0 Å². The third kappa shape index (κ3) is 1.99. The van der Waals surface area contributed by atoms with Crippen LogP contribution in [0, 0.1) is 0 Å². The number of halogens is 1. The smallest absolute Gasteiger partial charge is 0.307 e. The molecule has 0 fully saturated rings. The number of carbonyl (C=O) groups is 1. The van der Waals surface area contributed by atoms with Crippen LogP contribution in [-0.2, 0) is 11.2 Å². The van der Waals surface area contributed by atoms with E-state index in [9.17, 15) is 4.79 Å². The first-order valence-corrected chi connectivity index (χ1v) is 5.83. The maximum absolute atomic E-state index is 10.7. The second kappa shape index (κ2) is 4.31. The number of carboxylic acid groups (broad SMARTS) is 1. The molecule has 3 nitrogen and oxygen atoms in total. The monoisotopic (exact) mass is 256 g/mol. The highest BCUT2D eigenvalue weighted by Crippen LogP contribution is 2.36. The number of carboxylic acids is 1. The van der Waals surface area contributed by atoms with Crippen molar-refractivity contribution < 1.29 is 14.6 Å². The van der Waals surface area contributed by atoms with Gasteiger partial charge in [-0.1, -0.05) is 11.6 Å². The fourth-order valence-corrected chi connectivity index (χ4v) is 2.90. The molecule has 1 heterocycles. The molecule has 1 N–H and O–H groups in total. The molecule has 0 aliphatic heterocycles. The second-order valence-corrected chi connectivity index (χ2v) is 4.66. The first kappa shape index (κ1) is 11.2. The van der Waals surface area contributed by atoms with Gasteiger partial charge in [0, 0.05) is 15.1 Å². The SMILES string of the molecule is COc1cc(Cl)cc2scc(CC(=O)O)c12. The van der Waals surface area contributed by atoms with Crippen LogP contribution < -0.4 is 4.74 Å². The van der Waals surface area contributed by atoms with Crippen LogP contribution >= 0.6 is 22.9 Å². The molecule has 1 aromatic heterocycles. The predicted molar refractivity (Wildman–Crippen MR) is 64.7 cm³/mol. The Balaban J connectivity index is 2.64. The Morgan fingerprint density at radius 1 is 1.56 bits per heavy atom. The van der Waals surface area contributed by atoms with Crippen molar-refractivity contribution in [2.24, 2.45) is 0 Å². The Kier molecular flexibility index (Phi) is 3.03. The maximum Gasteiger partial charge on any atom is 0.307 e. The van der Waals surface area contributed by atoms with E-state index in [1.807, 2.05) is 11.4 Å². The zero-order valence-corrected chi connectivity index (χ0v) is 10.1. The number of thiophene rings is 1. The molecular formula is C11H9ClO3S. The van der Waals surface area contributed by atoms with Crippen LogP contribution in [0.1, 0.15) is 5.56 Å². The summed E-state index contributed by atoms with van der Waals surface area (Å²) in [7, 11) is 1.55. The van der Waals surface area contributed by atoms with Crippen molar-refractivity contribution in [3.05, 3.63) is 28.1 Å². The van der Waals surface area contributed by atoms with Crippen molar-refractivity contribution in [3.63, 3.8) is 0 Å². The Bertz CT molecular complexity index is 547. The zero-order chi connectivity index (χ0) is 11.7. The minimum absolute atomic E-state index is 0.00199. The van der Waals surface area contributed by atoms with Gasteiger partial charge in [-0.2, -0.15) is 0 Å². The molecule has 0 aliphatic carbocycles. The number of hydrogen-bond donors (Lipinski definition) is 1. The third-order valence-electron chi connectivity index (χ3n) is 2.24. The van der Waals surface area contributed by atoms with Crippen LogP contribution in [-0.4, -0.2) is 18.2 Å². The van der Waals surface area contributed by atoms with Crippen LogP contribution in [0.4, 0.5) is 0 Å². The molecule has 0 radical (unpaired) electrons. The summed E-state index contributed by atoms with van der Waals surface area (Å²) >= 11 is 7.40. The molecule has 0 bridgehead atoms. The van der Waals surface area contributed by atoms with E-state index < -0.39 is 5.97 Å². The molecular weight excluding hydrogens is 248 g/mol. The molecule has 2 rings (SSSR count). The molecule has 84 valence electrons. The highest BCUT2D eigenvalue weighted by Gasteiger charge is 2.13. The summed E-state index contributed by atoms with van der Waals surface area (Å²) in [6.07, 6.45) is -0.00199. The predicted octanol–water partition coefficient (Wildman–Crippen LogP) is 3.19. The fourth-order valence-electron chi connectivity index (χ4n) is 1.61.